The Bertz CT molecular complexity index is 376. The van der Waals surface area contributed by atoms with Crippen molar-refractivity contribution in [3.05, 3.63) is 0 Å². The van der Waals surface area contributed by atoms with Gasteiger partial charge in [-0.3, -0.25) is 0 Å². The summed E-state index contributed by atoms with van der Waals surface area (Å²) >= 11 is 0. The Kier molecular flexibility index (Phi) is 3.56. The molecule has 17 heavy (non-hydrogen) atoms. The molecule has 0 aromatic heterocycles. The van der Waals surface area contributed by atoms with E-state index in [9.17, 15) is 13.5 Å². The normalized spacial score (nSPS) is 43.8. The molecule has 4 unspecified atom stereocenters. The van der Waals surface area contributed by atoms with Crippen molar-refractivity contribution in [3.8, 4) is 0 Å². The van der Waals surface area contributed by atoms with Crippen molar-refractivity contribution in [2.75, 3.05) is 6.26 Å². The number of hydrogen-bond acceptors (Lipinski definition) is 3. The molecule has 2 saturated carbocycles. The second kappa shape index (κ2) is 4.54. The summed E-state index contributed by atoms with van der Waals surface area (Å²) in [5, 5.41) is 9.56. The molecule has 0 aromatic carbocycles. The summed E-state index contributed by atoms with van der Waals surface area (Å²) in [5.41, 5.74) is 0.169. The standard InChI is InChI=1S/C13H24O3S/c1-13(7-6-11(14)9-13)10-4-3-5-12(8-10)17(2,15)16/h10-12,14H,3-9H2,1-2H3. The summed E-state index contributed by atoms with van der Waals surface area (Å²) < 4.78 is 23.3. The third-order valence-corrected chi connectivity index (χ3v) is 6.61. The molecular formula is C13H24O3S. The highest BCUT2D eigenvalue weighted by molar-refractivity contribution is 7.91. The molecular weight excluding hydrogens is 236 g/mol. The number of rotatable bonds is 2. The maximum absolute atomic E-state index is 11.7. The number of aliphatic hydroxyl groups is 1. The fourth-order valence-corrected chi connectivity index (χ4v) is 4.95. The van der Waals surface area contributed by atoms with Crippen LogP contribution in [0.3, 0.4) is 0 Å². The number of sulfone groups is 1. The van der Waals surface area contributed by atoms with E-state index in [-0.39, 0.29) is 16.8 Å². The second-order valence-corrected chi connectivity index (χ2v) is 8.69. The van der Waals surface area contributed by atoms with E-state index in [1.165, 1.54) is 6.26 Å². The molecule has 0 aliphatic heterocycles. The highest BCUT2D eigenvalue weighted by Crippen LogP contribution is 2.49. The summed E-state index contributed by atoms with van der Waals surface area (Å²) in [5.74, 6) is 0.480. The Morgan fingerprint density at radius 1 is 1.24 bits per heavy atom. The molecule has 0 amide bonds. The smallest absolute Gasteiger partial charge is 0.150 e. The van der Waals surface area contributed by atoms with E-state index in [2.05, 4.69) is 6.92 Å². The zero-order valence-corrected chi connectivity index (χ0v) is 11.7. The maximum atomic E-state index is 11.7. The predicted octanol–water partition coefficient (Wildman–Crippen LogP) is 2.14. The highest BCUT2D eigenvalue weighted by Gasteiger charge is 2.43. The first-order valence-corrected chi connectivity index (χ1v) is 8.64. The van der Waals surface area contributed by atoms with Crippen molar-refractivity contribution in [1.82, 2.24) is 0 Å². The summed E-state index contributed by atoms with van der Waals surface area (Å²) in [6.07, 6.45) is 7.78. The predicted molar refractivity (Wildman–Crippen MR) is 68.6 cm³/mol. The Balaban J connectivity index is 2.07. The maximum Gasteiger partial charge on any atom is 0.150 e. The van der Waals surface area contributed by atoms with Gasteiger partial charge in [-0.1, -0.05) is 13.3 Å². The molecule has 2 aliphatic carbocycles. The van der Waals surface area contributed by atoms with Crippen molar-refractivity contribution in [1.29, 1.82) is 0 Å². The first kappa shape index (κ1) is 13.3. The van der Waals surface area contributed by atoms with Gasteiger partial charge in [0.1, 0.15) is 9.84 Å². The average Bonchev–Trinajstić information content (AvgIpc) is 2.59. The van der Waals surface area contributed by atoms with Crippen LogP contribution in [0, 0.1) is 11.3 Å². The molecule has 0 bridgehead atoms. The van der Waals surface area contributed by atoms with Gasteiger partial charge in [0.25, 0.3) is 0 Å². The molecule has 4 heteroatoms. The van der Waals surface area contributed by atoms with Crippen LogP contribution in [0.15, 0.2) is 0 Å². The topological polar surface area (TPSA) is 54.4 Å². The van der Waals surface area contributed by atoms with Crippen molar-refractivity contribution >= 4 is 9.84 Å². The van der Waals surface area contributed by atoms with E-state index >= 15 is 0 Å². The highest BCUT2D eigenvalue weighted by atomic mass is 32.2. The molecule has 0 heterocycles. The Morgan fingerprint density at radius 3 is 2.47 bits per heavy atom. The first-order chi connectivity index (χ1) is 7.81. The first-order valence-electron chi connectivity index (χ1n) is 6.68. The molecule has 100 valence electrons. The van der Waals surface area contributed by atoms with Crippen LogP contribution in [0.1, 0.15) is 51.9 Å². The Labute approximate surface area is 105 Å². The molecule has 0 saturated heterocycles. The minimum Gasteiger partial charge on any atom is -0.393 e. The minimum absolute atomic E-state index is 0.143. The summed E-state index contributed by atoms with van der Waals surface area (Å²) in [7, 11) is -2.89. The van der Waals surface area contributed by atoms with E-state index in [0.29, 0.717) is 5.92 Å². The van der Waals surface area contributed by atoms with Crippen molar-refractivity contribution in [2.45, 2.75) is 63.2 Å². The van der Waals surface area contributed by atoms with Crippen molar-refractivity contribution in [3.63, 3.8) is 0 Å². The van der Waals surface area contributed by atoms with Crippen LogP contribution in [0.5, 0.6) is 0 Å². The van der Waals surface area contributed by atoms with E-state index in [1.54, 1.807) is 0 Å². The molecule has 0 spiro atoms. The molecule has 0 radical (unpaired) electrons. The lowest BCUT2D eigenvalue weighted by Gasteiger charge is -2.39. The van der Waals surface area contributed by atoms with Gasteiger partial charge in [0, 0.05) is 6.26 Å². The third-order valence-electron chi connectivity index (χ3n) is 4.97. The second-order valence-electron chi connectivity index (χ2n) is 6.37. The molecule has 2 fully saturated rings. The van der Waals surface area contributed by atoms with E-state index in [0.717, 1.165) is 44.9 Å². The van der Waals surface area contributed by atoms with Gasteiger partial charge in [-0.2, -0.15) is 0 Å². The third kappa shape index (κ3) is 2.84. The van der Waals surface area contributed by atoms with Crippen molar-refractivity contribution in [2.24, 2.45) is 11.3 Å². The van der Waals surface area contributed by atoms with Gasteiger partial charge in [0.2, 0.25) is 0 Å². The van der Waals surface area contributed by atoms with Crippen LogP contribution in [0.4, 0.5) is 0 Å². The lowest BCUT2D eigenvalue weighted by atomic mass is 9.69. The van der Waals surface area contributed by atoms with Gasteiger partial charge >= 0.3 is 0 Å². The fraction of sp³-hybridized carbons (Fsp3) is 1.00. The van der Waals surface area contributed by atoms with Gasteiger partial charge in [0.05, 0.1) is 11.4 Å². The Hall–Kier alpha value is -0.0900. The molecule has 3 nitrogen and oxygen atoms in total. The van der Waals surface area contributed by atoms with Crippen LogP contribution < -0.4 is 0 Å². The van der Waals surface area contributed by atoms with Gasteiger partial charge in [-0.25, -0.2) is 8.42 Å². The average molecular weight is 260 g/mol. The molecule has 2 rings (SSSR count). The van der Waals surface area contributed by atoms with Crippen LogP contribution in [0.2, 0.25) is 0 Å². The molecule has 4 atom stereocenters. The largest absolute Gasteiger partial charge is 0.393 e. The van der Waals surface area contributed by atoms with E-state index in [4.69, 9.17) is 0 Å². The van der Waals surface area contributed by atoms with Crippen molar-refractivity contribution < 1.29 is 13.5 Å². The van der Waals surface area contributed by atoms with Crippen LogP contribution >= 0.6 is 0 Å². The SMILES string of the molecule is CC1(C2CCCC(S(C)(=O)=O)C2)CCC(O)C1. The Morgan fingerprint density at radius 2 is 1.94 bits per heavy atom. The summed E-state index contributed by atoms with van der Waals surface area (Å²) in [6.45, 7) is 2.23. The van der Waals surface area contributed by atoms with Gasteiger partial charge in [0.15, 0.2) is 0 Å². The van der Waals surface area contributed by atoms with Crippen LogP contribution in [-0.4, -0.2) is 31.1 Å². The molecule has 2 aliphatic rings. The zero-order chi connectivity index (χ0) is 12.7. The van der Waals surface area contributed by atoms with Gasteiger partial charge in [-0.05, 0) is 49.9 Å². The number of hydrogen-bond donors (Lipinski definition) is 1. The van der Waals surface area contributed by atoms with Gasteiger partial charge < -0.3 is 5.11 Å². The molecule has 1 N–H and O–H groups in total. The monoisotopic (exact) mass is 260 g/mol. The zero-order valence-electron chi connectivity index (χ0n) is 10.9. The number of aliphatic hydroxyl groups excluding tert-OH is 1. The summed E-state index contributed by atoms with van der Waals surface area (Å²) in [4.78, 5) is 0. The lowest BCUT2D eigenvalue weighted by molar-refractivity contribution is 0.110. The van der Waals surface area contributed by atoms with E-state index in [1.807, 2.05) is 0 Å². The van der Waals surface area contributed by atoms with Gasteiger partial charge in [-0.15, -0.1) is 0 Å². The quantitative estimate of drug-likeness (QED) is 0.827. The molecule has 0 aromatic rings. The summed E-state index contributed by atoms with van der Waals surface area (Å²) in [6, 6.07) is 0. The lowest BCUT2D eigenvalue weighted by Crippen LogP contribution is -2.35. The fourth-order valence-electron chi connectivity index (χ4n) is 3.78. The van der Waals surface area contributed by atoms with E-state index < -0.39 is 9.84 Å². The van der Waals surface area contributed by atoms with Crippen LogP contribution in [0.25, 0.3) is 0 Å². The minimum atomic E-state index is -2.89. The van der Waals surface area contributed by atoms with Crippen LogP contribution in [-0.2, 0) is 9.84 Å².